The summed E-state index contributed by atoms with van der Waals surface area (Å²) >= 11 is 0. The van der Waals surface area contributed by atoms with E-state index in [0.29, 0.717) is 23.9 Å². The third kappa shape index (κ3) is 4.79. The van der Waals surface area contributed by atoms with Gasteiger partial charge in [-0.3, -0.25) is 4.90 Å². The van der Waals surface area contributed by atoms with E-state index in [1.807, 2.05) is 32.0 Å². The smallest absolute Gasteiger partial charge is 0.322 e. The molecule has 2 heterocycles. The normalized spacial score (nSPS) is 10.4. The monoisotopic (exact) mass is 377 g/mol. The van der Waals surface area contributed by atoms with E-state index in [2.05, 4.69) is 22.9 Å². The van der Waals surface area contributed by atoms with Crippen molar-refractivity contribution in [3.63, 3.8) is 0 Å². The Balaban J connectivity index is 1.78. The van der Waals surface area contributed by atoms with Gasteiger partial charge in [0, 0.05) is 12.6 Å². The predicted molar refractivity (Wildman–Crippen MR) is 109 cm³/mol. The van der Waals surface area contributed by atoms with Crippen LogP contribution in [0.4, 0.5) is 10.5 Å². The van der Waals surface area contributed by atoms with Crippen molar-refractivity contribution in [2.45, 2.75) is 20.4 Å². The fourth-order valence-electron chi connectivity index (χ4n) is 2.71. The van der Waals surface area contributed by atoms with Crippen LogP contribution in [0.5, 0.6) is 11.6 Å². The van der Waals surface area contributed by atoms with Gasteiger partial charge in [0.25, 0.3) is 0 Å². The Hall–Kier alpha value is -3.54. The molecule has 0 aliphatic carbocycles. The van der Waals surface area contributed by atoms with E-state index in [-0.39, 0.29) is 12.6 Å². The zero-order chi connectivity index (χ0) is 19.9. The van der Waals surface area contributed by atoms with Crippen molar-refractivity contribution in [3.8, 4) is 11.6 Å². The van der Waals surface area contributed by atoms with Gasteiger partial charge in [0.2, 0.25) is 5.88 Å². The summed E-state index contributed by atoms with van der Waals surface area (Å²) in [5.74, 6) is 1.88. The molecular formula is C22H23N3O3. The second-order valence-electron chi connectivity index (χ2n) is 6.37. The minimum absolute atomic E-state index is 0.263. The Kier molecular flexibility index (Phi) is 6.11. The first-order chi connectivity index (χ1) is 13.6. The fraction of sp³-hybridized carbons (Fsp3) is 0.182. The molecule has 2 amide bonds. The van der Waals surface area contributed by atoms with Crippen molar-refractivity contribution in [3.05, 3.63) is 84.5 Å². The van der Waals surface area contributed by atoms with Gasteiger partial charge < -0.3 is 14.5 Å². The Morgan fingerprint density at radius 3 is 2.79 bits per heavy atom. The van der Waals surface area contributed by atoms with Crippen LogP contribution in [0.3, 0.4) is 0 Å². The third-order valence-corrected chi connectivity index (χ3v) is 4.11. The number of urea groups is 1. The van der Waals surface area contributed by atoms with Crippen LogP contribution in [-0.4, -0.2) is 17.6 Å². The second-order valence-corrected chi connectivity index (χ2v) is 6.37. The molecule has 0 saturated heterocycles. The average Bonchev–Trinajstić information content (AvgIpc) is 3.20. The molecule has 1 N–H and O–H groups in total. The lowest BCUT2D eigenvalue weighted by Crippen LogP contribution is -2.39. The minimum atomic E-state index is -0.263. The van der Waals surface area contributed by atoms with Crippen molar-refractivity contribution < 1.29 is 13.9 Å². The largest absolute Gasteiger partial charge is 0.467 e. The van der Waals surface area contributed by atoms with E-state index in [1.54, 1.807) is 41.6 Å². The third-order valence-electron chi connectivity index (χ3n) is 4.11. The molecule has 0 aliphatic heterocycles. The van der Waals surface area contributed by atoms with Crippen LogP contribution in [0.2, 0.25) is 0 Å². The van der Waals surface area contributed by atoms with Crippen molar-refractivity contribution in [2.24, 2.45) is 0 Å². The van der Waals surface area contributed by atoms with Gasteiger partial charge in [-0.05, 0) is 43.7 Å². The van der Waals surface area contributed by atoms with Crippen LogP contribution in [0.15, 0.2) is 72.0 Å². The summed E-state index contributed by atoms with van der Waals surface area (Å²) in [4.78, 5) is 18.5. The Labute approximate surface area is 164 Å². The number of amides is 2. The highest BCUT2D eigenvalue weighted by atomic mass is 16.5. The number of carbonyl (C=O) groups excluding carboxylic acids is 1. The first-order valence-corrected chi connectivity index (χ1v) is 8.96. The molecule has 0 spiro atoms. The summed E-state index contributed by atoms with van der Waals surface area (Å²) in [5, 5.41) is 2.78. The van der Waals surface area contributed by atoms with E-state index >= 15 is 0 Å². The lowest BCUT2D eigenvalue weighted by atomic mass is 10.1. The van der Waals surface area contributed by atoms with Crippen molar-refractivity contribution in [2.75, 3.05) is 11.4 Å². The van der Waals surface area contributed by atoms with Crippen LogP contribution in [0.25, 0.3) is 0 Å². The number of ether oxygens (including phenoxy) is 1. The number of nitrogens with zero attached hydrogens (tertiary/aromatic N) is 2. The van der Waals surface area contributed by atoms with Gasteiger partial charge in [-0.2, -0.15) is 0 Å². The molecule has 1 aromatic carbocycles. The number of nitrogens with one attached hydrogen (secondary N) is 1. The number of hydrogen-bond donors (Lipinski definition) is 1. The minimum Gasteiger partial charge on any atom is -0.467 e. The number of furan rings is 1. The van der Waals surface area contributed by atoms with Gasteiger partial charge in [0.15, 0.2) is 0 Å². The van der Waals surface area contributed by atoms with Crippen LogP contribution in [-0.2, 0) is 6.54 Å². The molecule has 144 valence electrons. The van der Waals surface area contributed by atoms with E-state index in [0.717, 1.165) is 11.3 Å². The molecule has 0 radical (unpaired) electrons. The molecule has 0 aliphatic rings. The van der Waals surface area contributed by atoms with Crippen molar-refractivity contribution in [1.82, 2.24) is 10.3 Å². The van der Waals surface area contributed by atoms with Crippen LogP contribution < -0.4 is 15.0 Å². The molecule has 0 atom stereocenters. The number of aromatic nitrogens is 1. The lowest BCUT2D eigenvalue weighted by molar-refractivity contribution is 0.246. The van der Waals surface area contributed by atoms with Crippen molar-refractivity contribution in [1.29, 1.82) is 0 Å². The number of aryl methyl sites for hydroxylation is 2. The highest BCUT2D eigenvalue weighted by Crippen LogP contribution is 2.26. The first kappa shape index (κ1) is 19.2. The SMILES string of the molecule is C=CCNC(=O)N(Cc1ccco1)c1ccc(Oc2ccc(C)cc2C)nc1. The van der Waals surface area contributed by atoms with Crippen molar-refractivity contribution >= 4 is 11.7 Å². The fourth-order valence-corrected chi connectivity index (χ4v) is 2.71. The van der Waals surface area contributed by atoms with Gasteiger partial charge in [0.1, 0.15) is 11.5 Å². The Morgan fingerprint density at radius 1 is 1.29 bits per heavy atom. The predicted octanol–water partition coefficient (Wildman–Crippen LogP) is 4.99. The number of anilines is 1. The zero-order valence-corrected chi connectivity index (χ0v) is 16.0. The summed E-state index contributed by atoms with van der Waals surface area (Å²) < 4.78 is 11.2. The van der Waals surface area contributed by atoms with E-state index in [4.69, 9.17) is 9.15 Å². The standard InChI is InChI=1S/C22H23N3O3/c1-4-11-23-22(26)25(15-19-6-5-12-27-19)18-8-10-21(24-14-18)28-20-9-7-16(2)13-17(20)3/h4-10,12-14H,1,11,15H2,2-3H3,(H,23,26). The Bertz CT molecular complexity index is 934. The summed E-state index contributed by atoms with van der Waals surface area (Å²) in [6.07, 6.45) is 4.81. The molecule has 0 fully saturated rings. The number of benzene rings is 1. The highest BCUT2D eigenvalue weighted by Gasteiger charge is 2.17. The van der Waals surface area contributed by atoms with Gasteiger partial charge >= 0.3 is 6.03 Å². The molecule has 28 heavy (non-hydrogen) atoms. The molecule has 6 heteroatoms. The quantitative estimate of drug-likeness (QED) is 0.589. The van der Waals surface area contributed by atoms with Gasteiger partial charge in [0.05, 0.1) is 24.7 Å². The topological polar surface area (TPSA) is 67.6 Å². The summed E-state index contributed by atoms with van der Waals surface area (Å²) in [5.41, 5.74) is 2.84. The molecule has 6 nitrogen and oxygen atoms in total. The molecule has 0 unspecified atom stereocenters. The van der Waals surface area contributed by atoms with Gasteiger partial charge in [-0.1, -0.05) is 23.8 Å². The number of rotatable bonds is 7. The Morgan fingerprint density at radius 2 is 2.14 bits per heavy atom. The summed E-state index contributed by atoms with van der Waals surface area (Å²) in [6.45, 7) is 8.31. The summed E-state index contributed by atoms with van der Waals surface area (Å²) in [6, 6.07) is 12.8. The summed E-state index contributed by atoms with van der Waals surface area (Å²) in [7, 11) is 0. The highest BCUT2D eigenvalue weighted by molar-refractivity contribution is 5.91. The second kappa shape index (κ2) is 8.90. The number of pyridine rings is 1. The molecule has 3 aromatic rings. The molecule has 3 rings (SSSR count). The van der Waals surface area contributed by atoms with Gasteiger partial charge in [-0.25, -0.2) is 9.78 Å². The maximum atomic E-state index is 12.5. The lowest BCUT2D eigenvalue weighted by Gasteiger charge is -2.22. The average molecular weight is 377 g/mol. The maximum Gasteiger partial charge on any atom is 0.322 e. The van der Waals surface area contributed by atoms with E-state index in [1.165, 1.54) is 5.56 Å². The number of carbonyl (C=O) groups is 1. The van der Waals surface area contributed by atoms with Crippen LogP contribution in [0.1, 0.15) is 16.9 Å². The number of hydrogen-bond acceptors (Lipinski definition) is 4. The van der Waals surface area contributed by atoms with Crippen LogP contribution in [0, 0.1) is 13.8 Å². The molecule has 0 bridgehead atoms. The maximum absolute atomic E-state index is 12.5. The van der Waals surface area contributed by atoms with Crippen LogP contribution >= 0.6 is 0 Å². The molecular weight excluding hydrogens is 354 g/mol. The zero-order valence-electron chi connectivity index (χ0n) is 16.0. The molecule has 0 saturated carbocycles. The van der Waals surface area contributed by atoms with Gasteiger partial charge in [-0.15, -0.1) is 6.58 Å². The molecule has 2 aromatic heterocycles. The first-order valence-electron chi connectivity index (χ1n) is 8.96. The van der Waals surface area contributed by atoms with E-state index < -0.39 is 0 Å². The van der Waals surface area contributed by atoms with E-state index in [9.17, 15) is 4.79 Å².